The second-order valence-electron chi connectivity index (χ2n) is 6.02. The third kappa shape index (κ3) is 3.72. The van der Waals surface area contributed by atoms with Gasteiger partial charge in [0.25, 0.3) is 0 Å². The molecule has 0 spiro atoms. The molecule has 120 valence electrons. The van der Waals surface area contributed by atoms with Gasteiger partial charge in [0.05, 0.1) is 18.8 Å². The molecule has 0 bridgehead atoms. The first-order valence-electron chi connectivity index (χ1n) is 7.50. The fourth-order valence-corrected chi connectivity index (χ4v) is 2.68. The maximum Gasteiger partial charge on any atom is 0.245 e. The zero-order valence-electron chi connectivity index (χ0n) is 12.8. The van der Waals surface area contributed by atoms with Crippen LogP contribution in [-0.2, 0) is 19.1 Å². The van der Waals surface area contributed by atoms with E-state index < -0.39 is 11.6 Å². The molecule has 2 aliphatic rings. The van der Waals surface area contributed by atoms with E-state index in [-0.39, 0.29) is 24.5 Å². The van der Waals surface area contributed by atoms with E-state index in [4.69, 9.17) is 15.2 Å². The molecule has 0 aliphatic carbocycles. The van der Waals surface area contributed by atoms with Gasteiger partial charge in [-0.05, 0) is 26.7 Å². The molecule has 0 aromatic rings. The number of hydrogen-bond donors (Lipinski definition) is 2. The van der Waals surface area contributed by atoms with Crippen molar-refractivity contribution < 1.29 is 19.1 Å². The van der Waals surface area contributed by atoms with Crippen LogP contribution in [0.1, 0.15) is 26.7 Å². The topological polar surface area (TPSA) is 93.9 Å². The van der Waals surface area contributed by atoms with E-state index >= 15 is 0 Å². The number of carbonyl (C=O) groups excluding carboxylic acids is 2. The summed E-state index contributed by atoms with van der Waals surface area (Å²) in [6.07, 6.45) is 0.976. The molecule has 1 atom stereocenters. The number of carbonyl (C=O) groups is 2. The Morgan fingerprint density at radius 1 is 1.24 bits per heavy atom. The Hall–Kier alpha value is -1.18. The van der Waals surface area contributed by atoms with Crippen molar-refractivity contribution in [1.82, 2.24) is 10.2 Å². The Balaban J connectivity index is 2.10. The van der Waals surface area contributed by atoms with Gasteiger partial charge in [0, 0.05) is 25.8 Å². The highest BCUT2D eigenvalue weighted by atomic mass is 16.5. The van der Waals surface area contributed by atoms with Gasteiger partial charge >= 0.3 is 0 Å². The molecule has 0 saturated carbocycles. The SMILES string of the molecule is CC(C)NC(=O)C1COCCN1C(=O)C1(N)CCOCC1. The molecule has 21 heavy (non-hydrogen) atoms. The Morgan fingerprint density at radius 2 is 1.90 bits per heavy atom. The second kappa shape index (κ2) is 6.72. The van der Waals surface area contributed by atoms with Gasteiger partial charge in [0.2, 0.25) is 11.8 Å². The van der Waals surface area contributed by atoms with Crippen molar-refractivity contribution in [3.8, 4) is 0 Å². The van der Waals surface area contributed by atoms with Crippen molar-refractivity contribution in [2.24, 2.45) is 5.73 Å². The number of nitrogens with two attached hydrogens (primary N) is 1. The minimum Gasteiger partial charge on any atom is -0.381 e. The van der Waals surface area contributed by atoms with Crippen LogP contribution < -0.4 is 11.1 Å². The Labute approximate surface area is 125 Å². The zero-order valence-corrected chi connectivity index (χ0v) is 12.8. The van der Waals surface area contributed by atoms with Crippen LogP contribution in [0.5, 0.6) is 0 Å². The lowest BCUT2D eigenvalue weighted by molar-refractivity contribution is -0.155. The van der Waals surface area contributed by atoms with Crippen molar-refractivity contribution in [2.75, 3.05) is 33.0 Å². The molecule has 7 heteroatoms. The van der Waals surface area contributed by atoms with E-state index in [9.17, 15) is 9.59 Å². The van der Waals surface area contributed by atoms with E-state index in [2.05, 4.69) is 5.32 Å². The molecule has 3 N–H and O–H groups in total. The predicted molar refractivity (Wildman–Crippen MR) is 76.6 cm³/mol. The molecule has 2 saturated heterocycles. The largest absolute Gasteiger partial charge is 0.381 e. The van der Waals surface area contributed by atoms with Crippen molar-refractivity contribution >= 4 is 11.8 Å². The van der Waals surface area contributed by atoms with Crippen LogP contribution in [-0.4, -0.2) is 67.3 Å². The third-order valence-electron chi connectivity index (χ3n) is 3.93. The summed E-state index contributed by atoms with van der Waals surface area (Å²) >= 11 is 0. The third-order valence-corrected chi connectivity index (χ3v) is 3.93. The summed E-state index contributed by atoms with van der Waals surface area (Å²) in [5.41, 5.74) is 5.33. The Kier molecular flexibility index (Phi) is 5.18. The van der Waals surface area contributed by atoms with Crippen LogP contribution in [0.4, 0.5) is 0 Å². The standard InChI is InChI=1S/C14H25N3O4/c1-10(2)16-12(18)11-9-21-8-5-17(11)13(19)14(15)3-6-20-7-4-14/h10-11H,3-9,15H2,1-2H3,(H,16,18). The van der Waals surface area contributed by atoms with E-state index in [1.54, 1.807) is 4.90 Å². The molecular formula is C14H25N3O4. The number of amides is 2. The molecule has 2 heterocycles. The smallest absolute Gasteiger partial charge is 0.245 e. The fourth-order valence-electron chi connectivity index (χ4n) is 2.68. The van der Waals surface area contributed by atoms with Gasteiger partial charge in [-0.1, -0.05) is 0 Å². The molecule has 2 amide bonds. The number of ether oxygens (including phenoxy) is 2. The molecule has 0 aromatic carbocycles. The monoisotopic (exact) mass is 299 g/mol. The predicted octanol–water partition coefficient (Wildman–Crippen LogP) is -0.754. The summed E-state index contributed by atoms with van der Waals surface area (Å²) in [7, 11) is 0. The number of nitrogens with zero attached hydrogens (tertiary/aromatic N) is 1. The highest BCUT2D eigenvalue weighted by Crippen LogP contribution is 2.23. The molecular weight excluding hydrogens is 274 g/mol. The van der Waals surface area contributed by atoms with Crippen LogP contribution in [0.25, 0.3) is 0 Å². The minimum atomic E-state index is -0.925. The van der Waals surface area contributed by atoms with Gasteiger partial charge in [-0.3, -0.25) is 9.59 Å². The van der Waals surface area contributed by atoms with E-state index in [0.717, 1.165) is 0 Å². The van der Waals surface area contributed by atoms with Crippen LogP contribution >= 0.6 is 0 Å². The van der Waals surface area contributed by atoms with Crippen molar-refractivity contribution in [3.05, 3.63) is 0 Å². The van der Waals surface area contributed by atoms with Crippen LogP contribution in [0.15, 0.2) is 0 Å². The molecule has 1 unspecified atom stereocenters. The number of hydrogen-bond acceptors (Lipinski definition) is 5. The van der Waals surface area contributed by atoms with Gasteiger partial charge in [0.15, 0.2) is 0 Å². The van der Waals surface area contributed by atoms with Crippen LogP contribution in [0.3, 0.4) is 0 Å². The second-order valence-corrected chi connectivity index (χ2v) is 6.02. The van der Waals surface area contributed by atoms with Crippen LogP contribution in [0, 0.1) is 0 Å². The first kappa shape index (κ1) is 16.2. The summed E-state index contributed by atoms with van der Waals surface area (Å²) in [5, 5.41) is 2.83. The molecule has 2 rings (SSSR count). The van der Waals surface area contributed by atoms with Gasteiger partial charge < -0.3 is 25.4 Å². The van der Waals surface area contributed by atoms with Gasteiger partial charge in [-0.2, -0.15) is 0 Å². The average Bonchev–Trinajstić information content (AvgIpc) is 2.46. The van der Waals surface area contributed by atoms with E-state index in [1.807, 2.05) is 13.8 Å². The summed E-state index contributed by atoms with van der Waals surface area (Å²) in [5.74, 6) is -0.355. The number of rotatable bonds is 3. The molecule has 0 aromatic heterocycles. The highest BCUT2D eigenvalue weighted by Gasteiger charge is 2.43. The van der Waals surface area contributed by atoms with Gasteiger partial charge in [0.1, 0.15) is 6.04 Å². The van der Waals surface area contributed by atoms with Crippen molar-refractivity contribution in [1.29, 1.82) is 0 Å². The van der Waals surface area contributed by atoms with E-state index in [0.29, 0.717) is 39.2 Å². The lowest BCUT2D eigenvalue weighted by Gasteiger charge is -2.41. The molecule has 7 nitrogen and oxygen atoms in total. The quantitative estimate of drug-likeness (QED) is 0.715. The summed E-state index contributed by atoms with van der Waals surface area (Å²) in [6, 6.07) is -0.580. The maximum absolute atomic E-state index is 12.8. The summed E-state index contributed by atoms with van der Waals surface area (Å²) in [6.45, 7) is 5.79. The van der Waals surface area contributed by atoms with Gasteiger partial charge in [-0.25, -0.2) is 0 Å². The number of nitrogens with one attached hydrogen (secondary N) is 1. The summed E-state index contributed by atoms with van der Waals surface area (Å²) < 4.78 is 10.6. The lowest BCUT2D eigenvalue weighted by Crippen LogP contribution is -2.65. The minimum absolute atomic E-state index is 0.0197. The fraction of sp³-hybridized carbons (Fsp3) is 0.857. The average molecular weight is 299 g/mol. The van der Waals surface area contributed by atoms with Crippen molar-refractivity contribution in [2.45, 2.75) is 44.3 Å². The van der Waals surface area contributed by atoms with Crippen LogP contribution in [0.2, 0.25) is 0 Å². The highest BCUT2D eigenvalue weighted by molar-refractivity contribution is 5.92. The number of morpholine rings is 1. The first-order chi connectivity index (χ1) is 9.94. The van der Waals surface area contributed by atoms with Gasteiger partial charge in [-0.15, -0.1) is 0 Å². The first-order valence-corrected chi connectivity index (χ1v) is 7.50. The Bertz CT molecular complexity index is 394. The Morgan fingerprint density at radius 3 is 2.52 bits per heavy atom. The molecule has 2 aliphatic heterocycles. The maximum atomic E-state index is 12.8. The van der Waals surface area contributed by atoms with Crippen molar-refractivity contribution in [3.63, 3.8) is 0 Å². The normalized spacial score (nSPS) is 25.7. The molecule has 0 radical (unpaired) electrons. The molecule has 2 fully saturated rings. The van der Waals surface area contributed by atoms with E-state index in [1.165, 1.54) is 0 Å². The lowest BCUT2D eigenvalue weighted by atomic mass is 9.89. The summed E-state index contributed by atoms with van der Waals surface area (Å²) in [4.78, 5) is 26.6. The zero-order chi connectivity index (χ0) is 15.5.